The lowest BCUT2D eigenvalue weighted by atomic mass is 10.1. The summed E-state index contributed by atoms with van der Waals surface area (Å²) in [6.07, 6.45) is 1.79. The number of benzene rings is 2. The maximum Gasteiger partial charge on any atom is 0.255 e. The fraction of sp³-hybridized carbons (Fsp3) is 0.292. The Morgan fingerprint density at radius 2 is 1.90 bits per heavy atom. The minimum absolute atomic E-state index is 0.0679. The van der Waals surface area contributed by atoms with E-state index in [1.165, 1.54) is 5.52 Å². The number of imidazole rings is 1. The molecule has 1 N–H and O–H groups in total. The molecule has 1 aliphatic heterocycles. The number of nitrogens with zero attached hydrogens (tertiary/aromatic N) is 4. The topological polar surface area (TPSA) is 66.8 Å². The van der Waals surface area contributed by atoms with Crippen LogP contribution in [0.2, 0.25) is 5.02 Å². The normalized spacial score (nSPS) is 14.1. The zero-order valence-electron chi connectivity index (χ0n) is 17.4. The van der Waals surface area contributed by atoms with Crippen LogP contribution in [0.15, 0.2) is 53.3 Å². The highest BCUT2D eigenvalue weighted by atomic mass is 35.5. The lowest BCUT2D eigenvalue weighted by Crippen LogP contribution is -2.36. The van der Waals surface area contributed by atoms with Gasteiger partial charge in [-0.2, -0.15) is 0 Å². The van der Waals surface area contributed by atoms with Crippen molar-refractivity contribution in [1.82, 2.24) is 24.4 Å². The third kappa shape index (κ3) is 3.89. The summed E-state index contributed by atoms with van der Waals surface area (Å²) in [4.78, 5) is 27.7. The fourth-order valence-corrected chi connectivity index (χ4v) is 4.41. The number of para-hydroxylation sites is 2. The number of aromatic amines is 1. The average molecular weight is 434 g/mol. The van der Waals surface area contributed by atoms with Crippen molar-refractivity contribution in [3.05, 3.63) is 81.0 Å². The minimum atomic E-state index is -0.0679. The van der Waals surface area contributed by atoms with E-state index in [0.717, 1.165) is 54.1 Å². The molecule has 0 saturated heterocycles. The number of aromatic nitrogens is 4. The highest BCUT2D eigenvalue weighted by Crippen LogP contribution is 2.23. The molecule has 2 aromatic heterocycles. The van der Waals surface area contributed by atoms with E-state index in [2.05, 4.69) is 39.6 Å². The molecule has 0 bridgehead atoms. The number of hydrogen-bond acceptors (Lipinski definition) is 4. The van der Waals surface area contributed by atoms with Crippen molar-refractivity contribution in [1.29, 1.82) is 0 Å². The molecule has 0 fully saturated rings. The second-order valence-corrected chi connectivity index (χ2v) is 8.41. The van der Waals surface area contributed by atoms with Gasteiger partial charge < -0.3 is 9.55 Å². The summed E-state index contributed by atoms with van der Waals surface area (Å²) in [5, 5.41) is 0.661. The molecular formula is C24H24ClN5O. The molecule has 0 saturated carbocycles. The molecule has 5 rings (SSSR count). The Kier molecular flexibility index (Phi) is 5.34. The van der Waals surface area contributed by atoms with Gasteiger partial charge in [-0.1, -0.05) is 30.7 Å². The molecule has 0 unspecified atom stereocenters. The standard InChI is InChI=1S/C24H24ClN5O/c1-2-12-30-21-6-4-3-5-20(21)26-22(30)15-29-13-11-19-18(14-29)24(31)28-23(27-19)16-7-9-17(25)10-8-16/h3-10H,2,11-15H2,1H3,(H,27,28,31). The molecule has 0 spiro atoms. The van der Waals surface area contributed by atoms with Crippen LogP contribution in [0.3, 0.4) is 0 Å². The summed E-state index contributed by atoms with van der Waals surface area (Å²) in [6, 6.07) is 15.6. The molecule has 6 nitrogen and oxygen atoms in total. The van der Waals surface area contributed by atoms with Crippen molar-refractivity contribution < 1.29 is 0 Å². The van der Waals surface area contributed by atoms with Crippen LogP contribution in [-0.4, -0.2) is 31.0 Å². The lowest BCUT2D eigenvalue weighted by molar-refractivity contribution is 0.233. The Balaban J connectivity index is 1.41. The Bertz CT molecular complexity index is 1290. The summed E-state index contributed by atoms with van der Waals surface area (Å²) in [5.41, 5.74) is 4.62. The van der Waals surface area contributed by atoms with Crippen molar-refractivity contribution in [2.75, 3.05) is 6.54 Å². The van der Waals surface area contributed by atoms with Crippen LogP contribution in [0, 0.1) is 0 Å². The highest BCUT2D eigenvalue weighted by molar-refractivity contribution is 6.30. The summed E-state index contributed by atoms with van der Waals surface area (Å²) in [5.74, 6) is 1.65. The minimum Gasteiger partial charge on any atom is -0.327 e. The molecule has 158 valence electrons. The van der Waals surface area contributed by atoms with E-state index in [0.29, 0.717) is 23.9 Å². The van der Waals surface area contributed by atoms with Gasteiger partial charge in [0.15, 0.2) is 0 Å². The second-order valence-electron chi connectivity index (χ2n) is 7.98. The molecule has 0 aliphatic carbocycles. The van der Waals surface area contributed by atoms with Gasteiger partial charge >= 0.3 is 0 Å². The lowest BCUT2D eigenvalue weighted by Gasteiger charge is -2.27. The zero-order chi connectivity index (χ0) is 21.4. The number of rotatable bonds is 5. The summed E-state index contributed by atoms with van der Waals surface area (Å²) >= 11 is 5.98. The van der Waals surface area contributed by atoms with Gasteiger partial charge in [-0.15, -0.1) is 0 Å². The first-order chi connectivity index (χ1) is 15.1. The van der Waals surface area contributed by atoms with Crippen molar-refractivity contribution in [3.8, 4) is 11.4 Å². The molecule has 2 aromatic carbocycles. The molecule has 31 heavy (non-hydrogen) atoms. The number of fused-ring (bicyclic) bond motifs is 2. The number of H-pyrrole nitrogens is 1. The van der Waals surface area contributed by atoms with Gasteiger partial charge in [0, 0.05) is 36.6 Å². The van der Waals surface area contributed by atoms with E-state index < -0.39 is 0 Å². The van der Waals surface area contributed by atoms with Crippen molar-refractivity contribution in [2.45, 2.75) is 39.4 Å². The molecule has 3 heterocycles. The Hall–Kier alpha value is -2.96. The van der Waals surface area contributed by atoms with Crippen LogP contribution in [0.25, 0.3) is 22.4 Å². The van der Waals surface area contributed by atoms with Gasteiger partial charge in [-0.05, 0) is 42.8 Å². The predicted octanol–water partition coefficient (Wildman–Crippen LogP) is 4.41. The Morgan fingerprint density at radius 3 is 2.71 bits per heavy atom. The third-order valence-corrected chi connectivity index (χ3v) is 6.06. The molecule has 0 radical (unpaired) electrons. The fourth-order valence-electron chi connectivity index (χ4n) is 4.28. The first kappa shape index (κ1) is 20.0. The first-order valence-corrected chi connectivity index (χ1v) is 11.0. The summed E-state index contributed by atoms with van der Waals surface area (Å²) in [6.45, 7) is 5.26. The van der Waals surface area contributed by atoms with Crippen LogP contribution in [0.4, 0.5) is 0 Å². The molecular weight excluding hydrogens is 410 g/mol. The maximum absolute atomic E-state index is 12.9. The smallest absolute Gasteiger partial charge is 0.255 e. The SMILES string of the molecule is CCCn1c(CN2CCc3nc(-c4ccc(Cl)cc4)[nH]c(=O)c3C2)nc2ccccc21. The van der Waals surface area contributed by atoms with E-state index in [-0.39, 0.29) is 5.56 Å². The number of halogens is 1. The highest BCUT2D eigenvalue weighted by Gasteiger charge is 2.23. The predicted molar refractivity (Wildman–Crippen MR) is 123 cm³/mol. The Morgan fingerprint density at radius 1 is 1.10 bits per heavy atom. The number of nitrogens with one attached hydrogen (secondary N) is 1. The van der Waals surface area contributed by atoms with E-state index in [1.807, 2.05) is 18.2 Å². The van der Waals surface area contributed by atoms with Gasteiger partial charge in [0.2, 0.25) is 0 Å². The summed E-state index contributed by atoms with van der Waals surface area (Å²) < 4.78 is 2.30. The van der Waals surface area contributed by atoms with E-state index >= 15 is 0 Å². The largest absolute Gasteiger partial charge is 0.327 e. The van der Waals surface area contributed by atoms with Crippen LogP contribution < -0.4 is 5.56 Å². The van der Waals surface area contributed by atoms with Crippen LogP contribution in [0.1, 0.15) is 30.4 Å². The average Bonchev–Trinajstić information content (AvgIpc) is 3.12. The maximum atomic E-state index is 12.9. The third-order valence-electron chi connectivity index (χ3n) is 5.81. The quantitative estimate of drug-likeness (QED) is 0.506. The van der Waals surface area contributed by atoms with E-state index in [1.54, 1.807) is 12.1 Å². The number of aryl methyl sites for hydroxylation is 1. The van der Waals surface area contributed by atoms with Crippen LogP contribution >= 0.6 is 11.6 Å². The van der Waals surface area contributed by atoms with Crippen LogP contribution in [-0.2, 0) is 26.1 Å². The van der Waals surface area contributed by atoms with E-state index in [4.69, 9.17) is 21.6 Å². The van der Waals surface area contributed by atoms with Crippen LogP contribution in [0.5, 0.6) is 0 Å². The monoisotopic (exact) mass is 433 g/mol. The molecule has 1 aliphatic rings. The van der Waals surface area contributed by atoms with Crippen molar-refractivity contribution in [2.24, 2.45) is 0 Å². The van der Waals surface area contributed by atoms with Gasteiger partial charge in [0.1, 0.15) is 11.6 Å². The summed E-state index contributed by atoms with van der Waals surface area (Å²) in [7, 11) is 0. The zero-order valence-corrected chi connectivity index (χ0v) is 18.2. The van der Waals surface area contributed by atoms with Crippen molar-refractivity contribution in [3.63, 3.8) is 0 Å². The van der Waals surface area contributed by atoms with Gasteiger partial charge in [-0.3, -0.25) is 9.69 Å². The van der Waals surface area contributed by atoms with Gasteiger partial charge in [0.05, 0.1) is 28.8 Å². The second kappa shape index (κ2) is 8.29. The van der Waals surface area contributed by atoms with E-state index in [9.17, 15) is 4.79 Å². The van der Waals surface area contributed by atoms with Gasteiger partial charge in [0.25, 0.3) is 5.56 Å². The van der Waals surface area contributed by atoms with Gasteiger partial charge in [-0.25, -0.2) is 9.97 Å². The molecule has 0 amide bonds. The molecule has 0 atom stereocenters. The molecule has 7 heteroatoms. The Labute approximate surface area is 185 Å². The molecule has 4 aromatic rings. The number of hydrogen-bond donors (Lipinski definition) is 1. The first-order valence-electron chi connectivity index (χ1n) is 10.7. The van der Waals surface area contributed by atoms with Crippen molar-refractivity contribution >= 4 is 22.6 Å².